The van der Waals surface area contributed by atoms with Crippen molar-refractivity contribution in [3.05, 3.63) is 0 Å². The maximum absolute atomic E-state index is 11.6. The molecule has 6 nitrogen and oxygen atoms in total. The van der Waals surface area contributed by atoms with Crippen LogP contribution in [-0.4, -0.2) is 42.0 Å². The van der Waals surface area contributed by atoms with Crippen LogP contribution in [0.5, 0.6) is 0 Å². The second kappa shape index (κ2) is 6.04. The highest BCUT2D eigenvalue weighted by molar-refractivity contribution is 5.69. The number of amides is 1. The van der Waals surface area contributed by atoms with Crippen molar-refractivity contribution in [2.24, 2.45) is 5.92 Å². The van der Waals surface area contributed by atoms with Crippen molar-refractivity contribution in [3.63, 3.8) is 0 Å². The number of nitrogens with one attached hydrogen (secondary N) is 1. The van der Waals surface area contributed by atoms with Crippen LogP contribution >= 0.6 is 0 Å². The first-order valence-electron chi connectivity index (χ1n) is 6.07. The van der Waals surface area contributed by atoms with Crippen molar-refractivity contribution < 1.29 is 24.2 Å². The minimum Gasteiger partial charge on any atom is -0.481 e. The molecule has 1 aliphatic heterocycles. The molecule has 0 aliphatic carbocycles. The molecule has 1 saturated heterocycles. The largest absolute Gasteiger partial charge is 0.481 e. The summed E-state index contributed by atoms with van der Waals surface area (Å²) in [4.78, 5) is 22.4. The normalized spacial score (nSPS) is 24.4. The molecule has 0 saturated carbocycles. The number of aliphatic carboxylic acids is 1. The second-order valence-corrected chi connectivity index (χ2v) is 5.47. The number of carboxylic acids is 1. The summed E-state index contributed by atoms with van der Waals surface area (Å²) in [6.07, 6.45) is 0.129. The maximum atomic E-state index is 11.6. The first-order valence-corrected chi connectivity index (χ1v) is 6.07. The van der Waals surface area contributed by atoms with Gasteiger partial charge >= 0.3 is 12.1 Å². The maximum Gasteiger partial charge on any atom is 0.407 e. The molecule has 2 N–H and O–H groups in total. The van der Waals surface area contributed by atoms with Crippen LogP contribution in [0.1, 0.15) is 33.6 Å². The fraction of sp³-hybridized carbons (Fsp3) is 0.833. The van der Waals surface area contributed by atoms with Crippen LogP contribution in [0, 0.1) is 5.92 Å². The van der Waals surface area contributed by atoms with Crippen molar-refractivity contribution in [3.8, 4) is 0 Å². The number of carbonyl (C=O) groups is 2. The molecule has 1 fully saturated rings. The molecule has 1 amide bonds. The number of ether oxygens (including phenoxy) is 2. The Morgan fingerprint density at radius 2 is 2.11 bits per heavy atom. The topological polar surface area (TPSA) is 84.9 Å². The number of carboxylic acid groups (broad SMARTS) is 1. The third kappa shape index (κ3) is 5.35. The Bertz CT molecular complexity index is 310. The summed E-state index contributed by atoms with van der Waals surface area (Å²) < 4.78 is 10.4. The SMILES string of the molecule is CC(C)(C)OC(=O)NC1COCCC1CC(=O)O. The van der Waals surface area contributed by atoms with E-state index in [1.54, 1.807) is 20.8 Å². The molecule has 18 heavy (non-hydrogen) atoms. The lowest BCUT2D eigenvalue weighted by atomic mass is 9.92. The van der Waals surface area contributed by atoms with E-state index in [-0.39, 0.29) is 18.4 Å². The first kappa shape index (κ1) is 14.8. The van der Waals surface area contributed by atoms with E-state index in [9.17, 15) is 9.59 Å². The molecule has 0 bridgehead atoms. The summed E-state index contributed by atoms with van der Waals surface area (Å²) >= 11 is 0. The summed E-state index contributed by atoms with van der Waals surface area (Å²) in [6.45, 7) is 6.19. The lowest BCUT2D eigenvalue weighted by molar-refractivity contribution is -0.139. The monoisotopic (exact) mass is 259 g/mol. The molecule has 1 heterocycles. The van der Waals surface area contributed by atoms with E-state index in [0.717, 1.165) is 0 Å². The molecule has 0 spiro atoms. The van der Waals surface area contributed by atoms with Gasteiger partial charge in [-0.3, -0.25) is 4.79 Å². The van der Waals surface area contributed by atoms with Gasteiger partial charge in [-0.1, -0.05) is 0 Å². The van der Waals surface area contributed by atoms with Gasteiger partial charge in [0.2, 0.25) is 0 Å². The van der Waals surface area contributed by atoms with Crippen LogP contribution in [0.25, 0.3) is 0 Å². The molecule has 2 atom stereocenters. The zero-order chi connectivity index (χ0) is 13.8. The molecular weight excluding hydrogens is 238 g/mol. The van der Waals surface area contributed by atoms with E-state index in [4.69, 9.17) is 14.6 Å². The summed E-state index contributed by atoms with van der Waals surface area (Å²) in [7, 11) is 0. The minimum absolute atomic E-state index is 0.0316. The fourth-order valence-corrected chi connectivity index (χ4v) is 1.87. The molecule has 1 rings (SSSR count). The quantitative estimate of drug-likeness (QED) is 0.800. The van der Waals surface area contributed by atoms with Gasteiger partial charge in [-0.2, -0.15) is 0 Å². The average molecular weight is 259 g/mol. The van der Waals surface area contributed by atoms with Crippen LogP contribution < -0.4 is 5.32 Å². The Morgan fingerprint density at radius 1 is 1.44 bits per heavy atom. The van der Waals surface area contributed by atoms with Gasteiger partial charge in [0.05, 0.1) is 19.1 Å². The van der Waals surface area contributed by atoms with Crippen molar-refractivity contribution in [2.75, 3.05) is 13.2 Å². The predicted octanol–water partition coefficient (Wildman–Crippen LogP) is 1.39. The predicted molar refractivity (Wildman–Crippen MR) is 64.3 cm³/mol. The lowest BCUT2D eigenvalue weighted by Crippen LogP contribution is -2.48. The van der Waals surface area contributed by atoms with Gasteiger partial charge in [-0.25, -0.2) is 4.79 Å². The summed E-state index contributed by atoms with van der Waals surface area (Å²) in [6, 6.07) is -0.301. The van der Waals surface area contributed by atoms with E-state index in [0.29, 0.717) is 19.6 Å². The molecule has 104 valence electrons. The van der Waals surface area contributed by atoms with E-state index in [1.165, 1.54) is 0 Å². The van der Waals surface area contributed by atoms with Crippen molar-refractivity contribution >= 4 is 12.1 Å². The number of hydrogen-bond acceptors (Lipinski definition) is 4. The highest BCUT2D eigenvalue weighted by Crippen LogP contribution is 2.20. The van der Waals surface area contributed by atoms with E-state index < -0.39 is 17.7 Å². The molecular formula is C12H21NO5. The van der Waals surface area contributed by atoms with Gasteiger partial charge < -0.3 is 19.9 Å². The summed E-state index contributed by atoms with van der Waals surface area (Å²) in [5.74, 6) is -0.971. The number of rotatable bonds is 3. The Morgan fingerprint density at radius 3 is 2.67 bits per heavy atom. The van der Waals surface area contributed by atoms with Crippen molar-refractivity contribution in [1.82, 2.24) is 5.32 Å². The van der Waals surface area contributed by atoms with Crippen molar-refractivity contribution in [1.29, 1.82) is 0 Å². The van der Waals surface area contributed by atoms with Gasteiger partial charge in [0, 0.05) is 6.61 Å². The number of carbonyl (C=O) groups excluding carboxylic acids is 1. The van der Waals surface area contributed by atoms with Crippen LogP contribution in [0.3, 0.4) is 0 Å². The number of hydrogen-bond donors (Lipinski definition) is 2. The summed E-state index contributed by atoms with van der Waals surface area (Å²) in [5.41, 5.74) is -0.568. The Labute approximate surface area is 107 Å². The summed E-state index contributed by atoms with van der Waals surface area (Å²) in [5, 5.41) is 11.5. The zero-order valence-electron chi connectivity index (χ0n) is 11.1. The third-order valence-corrected chi connectivity index (χ3v) is 2.64. The van der Waals surface area contributed by atoms with Crippen LogP contribution in [0.2, 0.25) is 0 Å². The van der Waals surface area contributed by atoms with Gasteiger partial charge in [0.15, 0.2) is 0 Å². The molecule has 0 aromatic rings. The Hall–Kier alpha value is -1.30. The van der Waals surface area contributed by atoms with Gasteiger partial charge in [0.25, 0.3) is 0 Å². The molecule has 0 aromatic heterocycles. The van der Waals surface area contributed by atoms with Crippen LogP contribution in [0.15, 0.2) is 0 Å². The van der Waals surface area contributed by atoms with Gasteiger partial charge in [-0.05, 0) is 33.1 Å². The third-order valence-electron chi connectivity index (χ3n) is 2.64. The Kier molecular flexibility index (Phi) is 4.95. The number of alkyl carbamates (subject to hydrolysis) is 1. The van der Waals surface area contributed by atoms with E-state index in [1.807, 2.05) is 0 Å². The minimum atomic E-state index is -0.863. The lowest BCUT2D eigenvalue weighted by Gasteiger charge is -2.32. The molecule has 0 aromatic carbocycles. The zero-order valence-corrected chi connectivity index (χ0v) is 11.1. The molecule has 1 aliphatic rings. The highest BCUT2D eigenvalue weighted by Gasteiger charge is 2.30. The molecule has 0 radical (unpaired) electrons. The van der Waals surface area contributed by atoms with Gasteiger partial charge in [0.1, 0.15) is 5.60 Å². The Balaban J connectivity index is 2.51. The van der Waals surface area contributed by atoms with E-state index in [2.05, 4.69) is 5.32 Å². The standard InChI is InChI=1S/C12H21NO5/c1-12(2,3)18-11(16)13-9-7-17-5-4-8(9)6-10(14)15/h8-9H,4-7H2,1-3H3,(H,13,16)(H,14,15). The second-order valence-electron chi connectivity index (χ2n) is 5.47. The molecule has 6 heteroatoms. The highest BCUT2D eigenvalue weighted by atomic mass is 16.6. The van der Waals surface area contributed by atoms with E-state index >= 15 is 0 Å². The fourth-order valence-electron chi connectivity index (χ4n) is 1.87. The average Bonchev–Trinajstić information content (AvgIpc) is 2.17. The first-order chi connectivity index (χ1) is 8.28. The van der Waals surface area contributed by atoms with Crippen LogP contribution in [-0.2, 0) is 14.3 Å². The van der Waals surface area contributed by atoms with Gasteiger partial charge in [-0.15, -0.1) is 0 Å². The smallest absolute Gasteiger partial charge is 0.407 e. The van der Waals surface area contributed by atoms with Crippen LogP contribution in [0.4, 0.5) is 4.79 Å². The molecule has 2 unspecified atom stereocenters. The van der Waals surface area contributed by atoms with Crippen molar-refractivity contribution in [2.45, 2.75) is 45.3 Å².